The maximum atomic E-state index is 13.3. The molecule has 0 aromatic carbocycles. The Balaban J connectivity index is 1.96. The molecule has 5 heteroatoms. The van der Waals surface area contributed by atoms with E-state index >= 15 is 0 Å². The zero-order valence-electron chi connectivity index (χ0n) is 26.3. The molecule has 0 bridgehead atoms. The number of hydrogen-bond donors (Lipinski definition) is 0. The molecule has 38 heavy (non-hydrogen) atoms. The Morgan fingerprint density at radius 3 is 1.55 bits per heavy atom. The molecular formula is C33H62N2O3. The number of unbranched alkanes of at least 4 members (excludes halogenated alkanes) is 1. The lowest BCUT2D eigenvalue weighted by atomic mass is 9.88. The van der Waals surface area contributed by atoms with Crippen LogP contribution in [0.15, 0.2) is 0 Å². The van der Waals surface area contributed by atoms with Gasteiger partial charge in [0.15, 0.2) is 0 Å². The summed E-state index contributed by atoms with van der Waals surface area (Å²) in [5.74, 6) is 1.20. The lowest BCUT2D eigenvalue weighted by Crippen LogP contribution is -2.48. The molecule has 5 nitrogen and oxygen atoms in total. The van der Waals surface area contributed by atoms with Gasteiger partial charge in [0.2, 0.25) is 11.8 Å². The van der Waals surface area contributed by atoms with E-state index in [0.717, 1.165) is 58.0 Å². The molecule has 0 radical (unpaired) electrons. The van der Waals surface area contributed by atoms with Crippen LogP contribution in [-0.4, -0.2) is 60.0 Å². The molecule has 0 atom stereocenters. The molecule has 0 aromatic rings. The van der Waals surface area contributed by atoms with Gasteiger partial charge in [-0.3, -0.25) is 9.59 Å². The summed E-state index contributed by atoms with van der Waals surface area (Å²) in [5, 5.41) is 0. The van der Waals surface area contributed by atoms with E-state index in [1.54, 1.807) is 0 Å². The number of nitrogens with zero attached hydrogens (tertiary/aromatic N) is 2. The van der Waals surface area contributed by atoms with Gasteiger partial charge in [0.1, 0.15) is 0 Å². The SMILES string of the molecule is CCCCC(=O)N(CC(C)(C)COCC(C)(C)CN(C(=O)CCC(C)C)C1CCCCC1)C1CCCCC1. The van der Waals surface area contributed by atoms with Gasteiger partial charge in [0.25, 0.3) is 0 Å². The van der Waals surface area contributed by atoms with E-state index in [4.69, 9.17) is 4.74 Å². The van der Waals surface area contributed by atoms with E-state index < -0.39 is 0 Å². The van der Waals surface area contributed by atoms with Crippen molar-refractivity contribution in [2.24, 2.45) is 16.7 Å². The zero-order valence-corrected chi connectivity index (χ0v) is 26.3. The summed E-state index contributed by atoms with van der Waals surface area (Å²) < 4.78 is 6.40. The first-order valence-electron chi connectivity index (χ1n) is 16.1. The van der Waals surface area contributed by atoms with E-state index in [-0.39, 0.29) is 10.8 Å². The van der Waals surface area contributed by atoms with E-state index in [9.17, 15) is 9.59 Å². The number of amides is 2. The first-order valence-corrected chi connectivity index (χ1v) is 16.1. The molecule has 2 aliphatic carbocycles. The number of hydrogen-bond acceptors (Lipinski definition) is 3. The predicted octanol–water partition coefficient (Wildman–Crippen LogP) is 8.00. The molecule has 0 heterocycles. The van der Waals surface area contributed by atoms with Crippen molar-refractivity contribution in [1.82, 2.24) is 9.80 Å². The topological polar surface area (TPSA) is 49.9 Å². The van der Waals surface area contributed by atoms with Crippen molar-refractivity contribution in [3.63, 3.8) is 0 Å². The third kappa shape index (κ3) is 12.0. The molecule has 0 unspecified atom stereocenters. The van der Waals surface area contributed by atoms with Gasteiger partial charge in [-0.2, -0.15) is 0 Å². The van der Waals surface area contributed by atoms with E-state index in [1.807, 2.05) is 0 Å². The normalized spacial score (nSPS) is 18.1. The van der Waals surface area contributed by atoms with Gasteiger partial charge in [-0.05, 0) is 44.4 Å². The van der Waals surface area contributed by atoms with Crippen molar-refractivity contribution >= 4 is 11.8 Å². The Hall–Kier alpha value is -1.10. The summed E-state index contributed by atoms with van der Waals surface area (Å²) in [7, 11) is 0. The Morgan fingerprint density at radius 1 is 0.737 bits per heavy atom. The standard InChI is InChI=1S/C33H62N2O3/c1-8-9-20-30(36)34(28-16-12-10-13-17-28)23-32(4,5)25-38-26-33(6,7)24-35(29-18-14-11-15-19-29)31(37)22-21-27(2)3/h27-29H,8-26H2,1-7H3. The van der Waals surface area contributed by atoms with Crippen LogP contribution in [-0.2, 0) is 14.3 Å². The fourth-order valence-corrected chi connectivity index (χ4v) is 6.27. The first kappa shape index (κ1) is 33.1. The van der Waals surface area contributed by atoms with Gasteiger partial charge in [-0.15, -0.1) is 0 Å². The third-order valence-electron chi connectivity index (χ3n) is 8.53. The Kier molecular flexibility index (Phi) is 14.1. The minimum atomic E-state index is -0.110. The highest BCUT2D eigenvalue weighted by atomic mass is 16.5. The second kappa shape index (κ2) is 16.2. The summed E-state index contributed by atoms with van der Waals surface area (Å²) in [4.78, 5) is 30.9. The molecule has 2 amide bonds. The molecular weight excluding hydrogens is 472 g/mol. The number of carbonyl (C=O) groups is 2. The number of rotatable bonds is 16. The summed E-state index contributed by atoms with van der Waals surface area (Å²) in [5.41, 5.74) is -0.216. The summed E-state index contributed by atoms with van der Waals surface area (Å²) in [6.45, 7) is 18.3. The van der Waals surface area contributed by atoms with Crippen LogP contribution in [0.1, 0.15) is 145 Å². The largest absolute Gasteiger partial charge is 0.380 e. The van der Waals surface area contributed by atoms with Crippen LogP contribution in [0.5, 0.6) is 0 Å². The monoisotopic (exact) mass is 534 g/mol. The van der Waals surface area contributed by atoms with Crippen molar-refractivity contribution < 1.29 is 14.3 Å². The number of ether oxygens (including phenoxy) is 1. The van der Waals surface area contributed by atoms with Crippen molar-refractivity contribution in [1.29, 1.82) is 0 Å². The summed E-state index contributed by atoms with van der Waals surface area (Å²) >= 11 is 0. The van der Waals surface area contributed by atoms with Crippen LogP contribution >= 0.6 is 0 Å². The van der Waals surface area contributed by atoms with Crippen LogP contribution < -0.4 is 0 Å². The van der Waals surface area contributed by atoms with E-state index in [0.29, 0.717) is 55.9 Å². The van der Waals surface area contributed by atoms with E-state index in [1.165, 1.54) is 38.5 Å². The molecule has 2 saturated carbocycles. The molecule has 222 valence electrons. The molecule has 0 N–H and O–H groups in total. The van der Waals surface area contributed by atoms with Crippen molar-refractivity contribution in [3.05, 3.63) is 0 Å². The first-order chi connectivity index (χ1) is 17.9. The molecule has 0 aliphatic heterocycles. The Labute approximate surface area is 235 Å². The quantitative estimate of drug-likeness (QED) is 0.201. The molecule has 2 aliphatic rings. The van der Waals surface area contributed by atoms with Crippen LogP contribution in [0.3, 0.4) is 0 Å². The van der Waals surface area contributed by atoms with Crippen LogP contribution in [0.2, 0.25) is 0 Å². The maximum absolute atomic E-state index is 13.3. The minimum absolute atomic E-state index is 0.106. The second-order valence-corrected chi connectivity index (χ2v) is 14.5. The average Bonchev–Trinajstić information content (AvgIpc) is 2.88. The van der Waals surface area contributed by atoms with Crippen LogP contribution in [0, 0.1) is 16.7 Å². The smallest absolute Gasteiger partial charge is 0.222 e. The van der Waals surface area contributed by atoms with Gasteiger partial charge in [-0.1, -0.05) is 93.4 Å². The fourth-order valence-electron chi connectivity index (χ4n) is 6.27. The van der Waals surface area contributed by atoms with Crippen molar-refractivity contribution in [2.75, 3.05) is 26.3 Å². The fraction of sp³-hybridized carbons (Fsp3) is 0.939. The highest BCUT2D eigenvalue weighted by Crippen LogP contribution is 2.30. The van der Waals surface area contributed by atoms with Crippen molar-refractivity contribution in [3.8, 4) is 0 Å². The highest BCUT2D eigenvalue weighted by molar-refractivity contribution is 5.77. The van der Waals surface area contributed by atoms with Gasteiger partial charge in [0.05, 0.1) is 13.2 Å². The lowest BCUT2D eigenvalue weighted by Gasteiger charge is -2.41. The predicted molar refractivity (Wildman–Crippen MR) is 159 cm³/mol. The molecule has 0 saturated heterocycles. The van der Waals surface area contributed by atoms with Gasteiger partial charge in [0, 0.05) is 48.8 Å². The summed E-state index contributed by atoms with van der Waals surface area (Å²) in [6.07, 6.45) is 16.4. The van der Waals surface area contributed by atoms with E-state index in [2.05, 4.69) is 58.3 Å². The number of carbonyl (C=O) groups excluding carboxylic acids is 2. The minimum Gasteiger partial charge on any atom is -0.380 e. The molecule has 2 rings (SSSR count). The van der Waals surface area contributed by atoms with Gasteiger partial charge >= 0.3 is 0 Å². The second-order valence-electron chi connectivity index (χ2n) is 14.5. The summed E-state index contributed by atoms with van der Waals surface area (Å²) in [6, 6.07) is 0.780. The molecule has 0 aromatic heterocycles. The van der Waals surface area contributed by atoms with Crippen LogP contribution in [0.4, 0.5) is 0 Å². The highest BCUT2D eigenvalue weighted by Gasteiger charge is 2.34. The zero-order chi connectivity index (χ0) is 28.2. The lowest BCUT2D eigenvalue weighted by molar-refractivity contribution is -0.137. The third-order valence-corrected chi connectivity index (χ3v) is 8.53. The molecule has 2 fully saturated rings. The van der Waals surface area contributed by atoms with Crippen LogP contribution in [0.25, 0.3) is 0 Å². The Bertz CT molecular complexity index is 690. The van der Waals surface area contributed by atoms with Crippen molar-refractivity contribution in [2.45, 2.75) is 157 Å². The molecule has 0 spiro atoms. The van der Waals surface area contributed by atoms with Gasteiger partial charge in [-0.25, -0.2) is 0 Å². The maximum Gasteiger partial charge on any atom is 0.222 e. The Morgan fingerprint density at radius 2 is 1.16 bits per heavy atom. The van der Waals surface area contributed by atoms with Gasteiger partial charge < -0.3 is 14.5 Å². The average molecular weight is 535 g/mol.